The molecule has 1 N–H and O–H groups in total. The zero-order chi connectivity index (χ0) is 21.7. The summed E-state index contributed by atoms with van der Waals surface area (Å²) in [5.41, 5.74) is 1.20. The minimum Gasteiger partial charge on any atom is -0.338 e. The Labute approximate surface area is 189 Å². The van der Waals surface area contributed by atoms with Gasteiger partial charge in [0.25, 0.3) is 5.91 Å². The van der Waals surface area contributed by atoms with Crippen LogP contribution in [0.25, 0.3) is 0 Å². The van der Waals surface area contributed by atoms with Gasteiger partial charge in [-0.05, 0) is 65.2 Å². The van der Waals surface area contributed by atoms with E-state index in [0.717, 1.165) is 10.9 Å². The molecular weight excluding hydrogens is 470 g/mol. The molecular formula is C22H23BrClN3O3. The SMILES string of the molecule is CN(CC(=O)Nc1ccccc1Br)C(=O)C1CCCN(C(=O)c2ccc(Cl)cc2)C1. The zero-order valence-corrected chi connectivity index (χ0v) is 18.9. The number of carbonyl (C=O) groups excluding carboxylic acids is 3. The van der Waals surface area contributed by atoms with Gasteiger partial charge in [0.15, 0.2) is 0 Å². The van der Waals surface area contributed by atoms with Crippen LogP contribution in [-0.4, -0.2) is 54.2 Å². The van der Waals surface area contributed by atoms with E-state index in [2.05, 4.69) is 21.2 Å². The van der Waals surface area contributed by atoms with Crippen molar-refractivity contribution >= 4 is 50.9 Å². The predicted molar refractivity (Wildman–Crippen MR) is 120 cm³/mol. The average molecular weight is 493 g/mol. The number of likely N-dealkylation sites (tertiary alicyclic amines) is 1. The molecule has 3 rings (SSSR count). The van der Waals surface area contributed by atoms with Crippen molar-refractivity contribution < 1.29 is 14.4 Å². The number of hydrogen-bond acceptors (Lipinski definition) is 3. The van der Waals surface area contributed by atoms with Crippen LogP contribution in [0.5, 0.6) is 0 Å². The van der Waals surface area contributed by atoms with Crippen molar-refractivity contribution in [1.29, 1.82) is 0 Å². The predicted octanol–water partition coefficient (Wildman–Crippen LogP) is 4.05. The number of amides is 3. The van der Waals surface area contributed by atoms with Gasteiger partial charge >= 0.3 is 0 Å². The normalized spacial score (nSPS) is 16.1. The van der Waals surface area contributed by atoms with E-state index in [-0.39, 0.29) is 30.2 Å². The molecule has 6 nitrogen and oxygen atoms in total. The molecule has 1 fully saturated rings. The van der Waals surface area contributed by atoms with Crippen LogP contribution in [-0.2, 0) is 9.59 Å². The largest absolute Gasteiger partial charge is 0.338 e. The van der Waals surface area contributed by atoms with Crippen molar-refractivity contribution in [1.82, 2.24) is 9.80 Å². The molecule has 158 valence electrons. The quantitative estimate of drug-likeness (QED) is 0.684. The van der Waals surface area contributed by atoms with Gasteiger partial charge in [-0.2, -0.15) is 0 Å². The second-order valence-corrected chi connectivity index (χ2v) is 8.61. The average Bonchev–Trinajstić information content (AvgIpc) is 2.75. The second kappa shape index (κ2) is 10.1. The second-order valence-electron chi connectivity index (χ2n) is 7.32. The van der Waals surface area contributed by atoms with Crippen LogP contribution < -0.4 is 5.32 Å². The topological polar surface area (TPSA) is 69.7 Å². The maximum Gasteiger partial charge on any atom is 0.253 e. The number of anilines is 1. The Kier molecular flexibility index (Phi) is 7.50. The fourth-order valence-electron chi connectivity index (χ4n) is 3.50. The highest BCUT2D eigenvalue weighted by atomic mass is 79.9. The van der Waals surface area contributed by atoms with Gasteiger partial charge in [0.05, 0.1) is 18.2 Å². The molecule has 8 heteroatoms. The van der Waals surface area contributed by atoms with Crippen LogP contribution in [0.4, 0.5) is 5.69 Å². The van der Waals surface area contributed by atoms with Crippen LogP contribution in [0.3, 0.4) is 0 Å². The highest BCUT2D eigenvalue weighted by Gasteiger charge is 2.31. The molecule has 0 spiro atoms. The van der Waals surface area contributed by atoms with Crippen molar-refractivity contribution in [2.24, 2.45) is 5.92 Å². The lowest BCUT2D eigenvalue weighted by atomic mass is 9.96. The Morgan fingerprint density at radius 1 is 1.17 bits per heavy atom. The molecule has 1 unspecified atom stereocenters. The zero-order valence-electron chi connectivity index (χ0n) is 16.6. The van der Waals surface area contributed by atoms with E-state index in [1.54, 1.807) is 42.3 Å². The first-order chi connectivity index (χ1) is 14.3. The molecule has 2 aromatic carbocycles. The van der Waals surface area contributed by atoms with E-state index in [0.29, 0.717) is 35.8 Å². The number of para-hydroxylation sites is 1. The molecule has 0 aliphatic carbocycles. The number of likely N-dealkylation sites (N-methyl/N-ethyl adjacent to an activating group) is 1. The van der Waals surface area contributed by atoms with E-state index in [1.807, 2.05) is 18.2 Å². The minimum atomic E-state index is -0.323. The van der Waals surface area contributed by atoms with Gasteiger partial charge in [0.1, 0.15) is 0 Å². The molecule has 1 atom stereocenters. The molecule has 1 aliphatic heterocycles. The van der Waals surface area contributed by atoms with Gasteiger partial charge in [0.2, 0.25) is 11.8 Å². The number of benzene rings is 2. The summed E-state index contributed by atoms with van der Waals surface area (Å²) in [6, 6.07) is 14.0. The van der Waals surface area contributed by atoms with E-state index in [1.165, 1.54) is 4.90 Å². The van der Waals surface area contributed by atoms with E-state index in [9.17, 15) is 14.4 Å². The van der Waals surface area contributed by atoms with Crippen LogP contribution in [0.2, 0.25) is 5.02 Å². The van der Waals surface area contributed by atoms with Crippen molar-refractivity contribution in [3.8, 4) is 0 Å². The molecule has 1 saturated heterocycles. The third-order valence-electron chi connectivity index (χ3n) is 5.05. The summed E-state index contributed by atoms with van der Waals surface area (Å²) in [7, 11) is 1.61. The molecule has 0 radical (unpaired) electrons. The summed E-state index contributed by atoms with van der Waals surface area (Å²) in [6.07, 6.45) is 1.44. The highest BCUT2D eigenvalue weighted by molar-refractivity contribution is 9.10. The van der Waals surface area contributed by atoms with E-state index >= 15 is 0 Å². The molecule has 0 aromatic heterocycles. The van der Waals surface area contributed by atoms with Crippen molar-refractivity contribution in [3.63, 3.8) is 0 Å². The first-order valence-corrected chi connectivity index (χ1v) is 10.9. The van der Waals surface area contributed by atoms with Crippen LogP contribution >= 0.6 is 27.5 Å². The molecule has 3 amide bonds. The number of nitrogens with zero attached hydrogens (tertiary/aromatic N) is 2. The molecule has 2 aromatic rings. The van der Waals surface area contributed by atoms with Crippen LogP contribution in [0.1, 0.15) is 23.2 Å². The standard InChI is InChI=1S/C22H23BrClN3O3/c1-26(14-20(28)25-19-7-3-2-6-18(19)23)21(29)16-5-4-12-27(13-16)22(30)15-8-10-17(24)11-9-15/h2-3,6-11,16H,4-5,12-14H2,1H3,(H,25,28). The maximum absolute atomic E-state index is 12.9. The van der Waals surface area contributed by atoms with Gasteiger partial charge in [-0.15, -0.1) is 0 Å². The Bertz CT molecular complexity index is 935. The lowest BCUT2D eigenvalue weighted by Gasteiger charge is -2.34. The fourth-order valence-corrected chi connectivity index (χ4v) is 4.01. The number of nitrogens with one attached hydrogen (secondary N) is 1. The number of hydrogen-bond donors (Lipinski definition) is 1. The summed E-state index contributed by atoms with van der Waals surface area (Å²) in [6.45, 7) is 0.899. The van der Waals surface area contributed by atoms with E-state index in [4.69, 9.17) is 11.6 Å². The lowest BCUT2D eigenvalue weighted by molar-refractivity contribution is -0.138. The minimum absolute atomic E-state index is 0.0538. The Hall–Kier alpha value is -2.38. The van der Waals surface area contributed by atoms with Crippen LogP contribution in [0.15, 0.2) is 53.0 Å². The van der Waals surface area contributed by atoms with E-state index < -0.39 is 0 Å². The Morgan fingerprint density at radius 2 is 1.87 bits per heavy atom. The summed E-state index contributed by atoms with van der Waals surface area (Å²) in [4.78, 5) is 41.1. The first-order valence-electron chi connectivity index (χ1n) is 9.69. The number of halogens is 2. The third kappa shape index (κ3) is 5.61. The number of carbonyl (C=O) groups is 3. The molecule has 0 bridgehead atoms. The van der Waals surface area contributed by atoms with Gasteiger partial charge in [-0.1, -0.05) is 23.7 Å². The van der Waals surface area contributed by atoms with Crippen LogP contribution in [0, 0.1) is 5.92 Å². The number of piperidine rings is 1. The molecule has 0 saturated carbocycles. The molecule has 1 heterocycles. The third-order valence-corrected chi connectivity index (χ3v) is 6.00. The Balaban J connectivity index is 1.57. The van der Waals surface area contributed by atoms with Gasteiger partial charge in [0, 0.05) is 35.2 Å². The number of rotatable bonds is 5. The monoisotopic (exact) mass is 491 g/mol. The summed E-state index contributed by atoms with van der Waals surface area (Å²) in [5.74, 6) is -0.844. The summed E-state index contributed by atoms with van der Waals surface area (Å²) < 4.78 is 0.774. The smallest absolute Gasteiger partial charge is 0.253 e. The fraction of sp³-hybridized carbons (Fsp3) is 0.318. The van der Waals surface area contributed by atoms with Crippen molar-refractivity contribution in [2.45, 2.75) is 12.8 Å². The first kappa shape index (κ1) is 22.3. The molecule has 30 heavy (non-hydrogen) atoms. The van der Waals surface area contributed by atoms with Gasteiger partial charge < -0.3 is 15.1 Å². The summed E-state index contributed by atoms with van der Waals surface area (Å²) >= 11 is 9.28. The maximum atomic E-state index is 12.9. The van der Waals surface area contributed by atoms with Crippen molar-refractivity contribution in [2.75, 3.05) is 32.0 Å². The highest BCUT2D eigenvalue weighted by Crippen LogP contribution is 2.23. The molecule has 1 aliphatic rings. The Morgan fingerprint density at radius 3 is 2.57 bits per heavy atom. The van der Waals surface area contributed by atoms with Gasteiger partial charge in [-0.3, -0.25) is 14.4 Å². The summed E-state index contributed by atoms with van der Waals surface area (Å²) in [5, 5.41) is 3.37. The van der Waals surface area contributed by atoms with Gasteiger partial charge in [-0.25, -0.2) is 0 Å². The van der Waals surface area contributed by atoms with Crippen molar-refractivity contribution in [3.05, 3.63) is 63.6 Å². The lowest BCUT2D eigenvalue weighted by Crippen LogP contribution is -2.47.